The number of hydrogen-bond donors (Lipinski definition) is 0. The van der Waals surface area contributed by atoms with E-state index in [1.807, 2.05) is 34.0 Å². The van der Waals surface area contributed by atoms with E-state index in [1.165, 1.54) is 0 Å². The fraction of sp³-hybridized carbons (Fsp3) is 0.500. The van der Waals surface area contributed by atoms with E-state index >= 15 is 0 Å². The smallest absolute Gasteiger partial charge is 0.226 e. The van der Waals surface area contributed by atoms with E-state index < -0.39 is 0 Å². The Morgan fingerprint density at radius 1 is 1.38 bits per heavy atom. The van der Waals surface area contributed by atoms with Crippen LogP contribution in [0.2, 0.25) is 0 Å². The summed E-state index contributed by atoms with van der Waals surface area (Å²) in [5, 5.41) is 4.31. The monoisotopic (exact) mass is 285 g/mol. The van der Waals surface area contributed by atoms with E-state index in [4.69, 9.17) is 4.42 Å². The lowest BCUT2D eigenvalue weighted by molar-refractivity contribution is -0.134. The second-order valence-corrected chi connectivity index (χ2v) is 6.03. The molecule has 110 valence electrons. The molecule has 0 bridgehead atoms. The van der Waals surface area contributed by atoms with Gasteiger partial charge in [0.05, 0.1) is 12.3 Å². The summed E-state index contributed by atoms with van der Waals surface area (Å²) in [6.45, 7) is 1.65. The van der Waals surface area contributed by atoms with Crippen molar-refractivity contribution >= 4 is 5.91 Å². The maximum atomic E-state index is 12.6. The highest BCUT2D eigenvalue weighted by Crippen LogP contribution is 2.49. The van der Waals surface area contributed by atoms with E-state index in [-0.39, 0.29) is 17.7 Å². The number of likely N-dealkylation sites (tertiary alicyclic amines) is 1. The first-order valence-corrected chi connectivity index (χ1v) is 7.64. The van der Waals surface area contributed by atoms with Crippen molar-refractivity contribution in [3.05, 3.63) is 42.6 Å². The summed E-state index contributed by atoms with van der Waals surface area (Å²) in [5.74, 6) is 1.65. The van der Waals surface area contributed by atoms with Crippen LogP contribution in [0.5, 0.6) is 0 Å². The summed E-state index contributed by atoms with van der Waals surface area (Å²) < 4.78 is 7.40. The molecule has 3 atom stereocenters. The summed E-state index contributed by atoms with van der Waals surface area (Å²) >= 11 is 0. The second-order valence-electron chi connectivity index (χ2n) is 6.03. The number of piperidine rings is 1. The van der Waals surface area contributed by atoms with Crippen LogP contribution in [0.15, 0.2) is 41.3 Å². The number of rotatable bonds is 3. The molecular formula is C16H19N3O2. The van der Waals surface area contributed by atoms with E-state index in [1.54, 1.807) is 12.5 Å². The molecule has 1 amide bonds. The first kappa shape index (κ1) is 12.7. The highest BCUT2D eigenvalue weighted by Gasteiger charge is 2.48. The standard InChI is InChI=1S/C16H19N3O2/c20-16(14-10-13(14)15-5-2-9-21-15)18-7-1-4-12(11-18)19-8-3-6-17-19/h2-3,5-6,8-9,12-14H,1,4,7,10-11H2/t12-,13-,14+/m0/s1. The molecule has 0 aromatic carbocycles. The van der Waals surface area contributed by atoms with Crippen molar-refractivity contribution in [1.82, 2.24) is 14.7 Å². The minimum absolute atomic E-state index is 0.118. The second kappa shape index (κ2) is 5.06. The van der Waals surface area contributed by atoms with E-state index in [2.05, 4.69) is 5.10 Å². The quantitative estimate of drug-likeness (QED) is 0.870. The lowest BCUT2D eigenvalue weighted by Gasteiger charge is -2.33. The average Bonchev–Trinajstić information content (AvgIpc) is 2.98. The zero-order valence-electron chi connectivity index (χ0n) is 11.9. The molecule has 0 spiro atoms. The Balaban J connectivity index is 1.41. The Morgan fingerprint density at radius 2 is 2.33 bits per heavy atom. The van der Waals surface area contributed by atoms with Crippen molar-refractivity contribution in [2.75, 3.05) is 13.1 Å². The van der Waals surface area contributed by atoms with Gasteiger partial charge in [-0.15, -0.1) is 0 Å². The molecule has 2 fully saturated rings. The maximum Gasteiger partial charge on any atom is 0.226 e. The molecule has 1 aliphatic carbocycles. The third-order valence-electron chi connectivity index (χ3n) is 4.62. The molecule has 1 saturated heterocycles. The van der Waals surface area contributed by atoms with Crippen LogP contribution < -0.4 is 0 Å². The third kappa shape index (κ3) is 2.37. The van der Waals surface area contributed by atoms with Gasteiger partial charge in [0, 0.05) is 37.3 Å². The van der Waals surface area contributed by atoms with Crippen LogP contribution in [0.1, 0.15) is 37.0 Å². The number of amides is 1. The number of aromatic nitrogens is 2. The van der Waals surface area contributed by atoms with E-state index in [9.17, 15) is 4.79 Å². The largest absolute Gasteiger partial charge is 0.469 e. The molecule has 0 N–H and O–H groups in total. The number of carbonyl (C=O) groups excluding carboxylic acids is 1. The first-order chi connectivity index (χ1) is 10.3. The maximum absolute atomic E-state index is 12.6. The average molecular weight is 285 g/mol. The van der Waals surface area contributed by atoms with Crippen LogP contribution in [0.25, 0.3) is 0 Å². The van der Waals surface area contributed by atoms with Gasteiger partial charge in [-0.2, -0.15) is 5.10 Å². The Hall–Kier alpha value is -2.04. The van der Waals surface area contributed by atoms with Crippen molar-refractivity contribution < 1.29 is 9.21 Å². The molecule has 4 rings (SSSR count). The summed E-state index contributed by atoms with van der Waals surface area (Å²) in [4.78, 5) is 14.7. The zero-order valence-corrected chi connectivity index (χ0v) is 11.9. The minimum Gasteiger partial charge on any atom is -0.469 e. The van der Waals surface area contributed by atoms with Crippen molar-refractivity contribution in [3.63, 3.8) is 0 Å². The predicted molar refractivity (Wildman–Crippen MR) is 76.6 cm³/mol. The van der Waals surface area contributed by atoms with Gasteiger partial charge in [0.2, 0.25) is 5.91 Å². The molecule has 5 heteroatoms. The van der Waals surface area contributed by atoms with Crippen LogP contribution >= 0.6 is 0 Å². The third-order valence-corrected chi connectivity index (χ3v) is 4.62. The number of nitrogens with zero attached hydrogens (tertiary/aromatic N) is 3. The molecule has 2 aromatic rings. The van der Waals surface area contributed by atoms with Crippen LogP contribution in [0.4, 0.5) is 0 Å². The molecule has 0 unspecified atom stereocenters. The normalized spacial score (nSPS) is 28.6. The van der Waals surface area contributed by atoms with E-state index in [0.29, 0.717) is 6.04 Å². The van der Waals surface area contributed by atoms with Gasteiger partial charge in [0.15, 0.2) is 0 Å². The zero-order chi connectivity index (χ0) is 14.2. The summed E-state index contributed by atoms with van der Waals surface area (Å²) in [7, 11) is 0. The number of hydrogen-bond acceptors (Lipinski definition) is 3. The number of furan rings is 1. The van der Waals surface area contributed by atoms with Crippen molar-refractivity contribution in [2.45, 2.75) is 31.2 Å². The lowest BCUT2D eigenvalue weighted by atomic mass is 10.1. The fourth-order valence-corrected chi connectivity index (χ4v) is 3.39. The van der Waals surface area contributed by atoms with E-state index in [0.717, 1.165) is 38.1 Å². The van der Waals surface area contributed by atoms with Gasteiger partial charge < -0.3 is 9.32 Å². The Morgan fingerprint density at radius 3 is 3.10 bits per heavy atom. The van der Waals surface area contributed by atoms with Crippen molar-refractivity contribution in [2.24, 2.45) is 5.92 Å². The first-order valence-electron chi connectivity index (χ1n) is 7.64. The topological polar surface area (TPSA) is 51.3 Å². The van der Waals surface area contributed by atoms with Gasteiger partial charge in [0.25, 0.3) is 0 Å². The van der Waals surface area contributed by atoms with Gasteiger partial charge >= 0.3 is 0 Å². The highest BCUT2D eigenvalue weighted by molar-refractivity contribution is 5.83. The van der Waals surface area contributed by atoms with Crippen LogP contribution in [0.3, 0.4) is 0 Å². The fourth-order valence-electron chi connectivity index (χ4n) is 3.39. The van der Waals surface area contributed by atoms with Crippen molar-refractivity contribution in [1.29, 1.82) is 0 Å². The molecule has 1 saturated carbocycles. The predicted octanol–water partition coefficient (Wildman–Crippen LogP) is 2.44. The van der Waals surface area contributed by atoms with Gasteiger partial charge in [0.1, 0.15) is 5.76 Å². The van der Waals surface area contributed by atoms with Gasteiger partial charge in [-0.3, -0.25) is 9.48 Å². The minimum atomic E-state index is 0.118. The Kier molecular flexibility index (Phi) is 3.05. The van der Waals surface area contributed by atoms with Gasteiger partial charge in [-0.05, 0) is 37.5 Å². The molecular weight excluding hydrogens is 266 g/mol. The molecule has 3 heterocycles. The summed E-state index contributed by atoms with van der Waals surface area (Å²) in [6.07, 6.45) is 8.54. The molecule has 2 aromatic heterocycles. The Bertz CT molecular complexity index is 606. The van der Waals surface area contributed by atoms with Gasteiger partial charge in [-0.1, -0.05) is 0 Å². The number of carbonyl (C=O) groups is 1. The summed E-state index contributed by atoms with van der Waals surface area (Å²) in [6, 6.07) is 6.12. The van der Waals surface area contributed by atoms with Crippen LogP contribution in [-0.2, 0) is 4.79 Å². The van der Waals surface area contributed by atoms with Crippen molar-refractivity contribution in [3.8, 4) is 0 Å². The molecule has 21 heavy (non-hydrogen) atoms. The highest BCUT2D eigenvalue weighted by atomic mass is 16.3. The molecule has 0 radical (unpaired) electrons. The molecule has 1 aliphatic heterocycles. The van der Waals surface area contributed by atoms with Gasteiger partial charge in [-0.25, -0.2) is 0 Å². The Labute approximate surface area is 123 Å². The van der Waals surface area contributed by atoms with Crippen LogP contribution in [0, 0.1) is 5.92 Å². The SMILES string of the molecule is O=C([C@@H]1C[C@@H]1c1ccco1)N1CCC[C@H](n2cccn2)C1. The molecule has 2 aliphatic rings. The lowest BCUT2D eigenvalue weighted by Crippen LogP contribution is -2.41. The summed E-state index contributed by atoms with van der Waals surface area (Å²) in [5.41, 5.74) is 0. The van der Waals surface area contributed by atoms with Crippen LogP contribution in [-0.4, -0.2) is 33.7 Å². The molecule has 5 nitrogen and oxygen atoms in total.